The van der Waals surface area contributed by atoms with Crippen LogP contribution >= 0.6 is 22.7 Å². The highest BCUT2D eigenvalue weighted by atomic mass is 32.1. The quantitative estimate of drug-likeness (QED) is 0.137. The molecule has 0 saturated heterocycles. The maximum atomic E-state index is 4.67. The molecule has 0 radical (unpaired) electrons. The van der Waals surface area contributed by atoms with Gasteiger partial charge in [0, 0.05) is 45.4 Å². The molecular weight excluding hydrogens is 689 g/mol. The minimum atomic E-state index is 0.892. The highest BCUT2D eigenvalue weighted by molar-refractivity contribution is 7.27. The fourth-order valence-electron chi connectivity index (χ4n) is 7.72. The van der Waals surface area contributed by atoms with Gasteiger partial charge in [-0.1, -0.05) is 173 Å². The zero-order chi connectivity index (χ0) is 37.3. The summed E-state index contributed by atoms with van der Waals surface area (Å²) >= 11 is 3.66. The van der Waals surface area contributed by atoms with Crippen molar-refractivity contribution >= 4 is 98.3 Å². The first kappa shape index (κ1) is 35.0. The third-order valence-corrected chi connectivity index (χ3v) is 12.6. The fraction of sp³-hybridized carbons (Fsp3) is 0.0385. The number of rotatable bonds is 8. The average molecular weight is 729 g/mol. The summed E-state index contributed by atoms with van der Waals surface area (Å²) < 4.78 is 4.98. The molecule has 0 spiro atoms. The molecule has 0 nitrogen and oxygen atoms in total. The lowest BCUT2D eigenvalue weighted by Crippen LogP contribution is -2.16. The molecule has 0 atom stereocenters. The number of allylic oxidation sites excluding steroid dienone is 15. The number of hydrogen-bond donors (Lipinski definition) is 0. The Morgan fingerprint density at radius 2 is 1.31 bits per heavy atom. The molecule has 0 bridgehead atoms. The molecule has 1 aliphatic carbocycles. The van der Waals surface area contributed by atoms with Gasteiger partial charge in [-0.15, -0.1) is 22.7 Å². The van der Waals surface area contributed by atoms with Crippen molar-refractivity contribution < 1.29 is 0 Å². The van der Waals surface area contributed by atoms with E-state index in [-0.39, 0.29) is 0 Å². The van der Waals surface area contributed by atoms with Crippen molar-refractivity contribution in [2.75, 3.05) is 0 Å². The van der Waals surface area contributed by atoms with E-state index < -0.39 is 0 Å². The van der Waals surface area contributed by atoms with Crippen molar-refractivity contribution in [2.24, 2.45) is 0 Å². The molecule has 7 aromatic rings. The van der Waals surface area contributed by atoms with E-state index in [0.29, 0.717) is 0 Å². The summed E-state index contributed by atoms with van der Waals surface area (Å²) in [6.45, 7) is 26.0. The van der Waals surface area contributed by atoms with Crippen molar-refractivity contribution in [3.05, 3.63) is 216 Å². The van der Waals surface area contributed by atoms with Crippen LogP contribution in [0.25, 0.3) is 75.6 Å². The van der Waals surface area contributed by atoms with Gasteiger partial charge in [0.2, 0.25) is 0 Å². The zero-order valence-corrected chi connectivity index (χ0v) is 32.0. The van der Waals surface area contributed by atoms with E-state index in [2.05, 4.69) is 155 Å². The predicted octanol–water partition coefficient (Wildman–Crippen LogP) is 14.1. The second kappa shape index (κ2) is 14.8. The van der Waals surface area contributed by atoms with Crippen molar-refractivity contribution in [1.82, 2.24) is 0 Å². The standard InChI is InChI=1S/C52H40S2/c1-7-10-19-33(4)39-20-13-11-12-14-21-41(38(9-3)37(39)8-2)44-31-30-40(42-22-15-16-23-43(42)44)34(5)32-48-35(6)53-51-47(48)29-27-36-26-28-46-45-24-17-18-25-49(45)54-52(46)50(36)51/h7-10,13-32H,1-6,11-12H2/b19-10-,20-13?,21-14+,39-37?,41-38+,48-32+. The second-order valence-corrected chi connectivity index (χ2v) is 15.6. The molecule has 5 aromatic carbocycles. The first-order valence-electron chi connectivity index (χ1n) is 18.2. The Balaban J connectivity index is 1.30. The Bertz CT molecular complexity index is 3030. The smallest absolute Gasteiger partial charge is 0.0448 e. The van der Waals surface area contributed by atoms with Gasteiger partial charge in [-0.3, -0.25) is 0 Å². The molecule has 2 heterocycles. The Hall–Kier alpha value is -6.06. The van der Waals surface area contributed by atoms with E-state index in [9.17, 15) is 0 Å². The van der Waals surface area contributed by atoms with Gasteiger partial charge in [0.05, 0.1) is 0 Å². The zero-order valence-electron chi connectivity index (χ0n) is 30.3. The molecule has 1 aliphatic rings. The lowest BCUT2D eigenvalue weighted by Gasteiger charge is -2.19. The summed E-state index contributed by atoms with van der Waals surface area (Å²) in [5.41, 5.74) is 8.16. The molecule has 8 rings (SSSR count). The normalized spacial score (nSPS) is 16.3. The number of hydrogen-bond acceptors (Lipinski definition) is 2. The fourth-order valence-corrected chi connectivity index (χ4v) is 10.2. The van der Waals surface area contributed by atoms with Crippen LogP contribution in [0.15, 0.2) is 195 Å². The lowest BCUT2D eigenvalue weighted by molar-refractivity contribution is 1.05. The Labute approximate surface area is 325 Å². The summed E-state index contributed by atoms with van der Waals surface area (Å²) in [6, 6.07) is 30.8. The average Bonchev–Trinajstić information content (AvgIpc) is 3.74. The summed E-state index contributed by atoms with van der Waals surface area (Å²) in [4.78, 5) is 0. The van der Waals surface area contributed by atoms with Crippen molar-refractivity contribution in [2.45, 2.75) is 12.8 Å². The molecule has 0 saturated carbocycles. The van der Waals surface area contributed by atoms with Crippen LogP contribution < -0.4 is 9.75 Å². The lowest BCUT2D eigenvalue weighted by atomic mass is 9.85. The Morgan fingerprint density at radius 1 is 0.630 bits per heavy atom. The first-order valence-corrected chi connectivity index (χ1v) is 19.8. The molecular formula is C52H40S2. The maximum absolute atomic E-state index is 4.67. The minimum absolute atomic E-state index is 0.892. The van der Waals surface area contributed by atoms with Crippen LogP contribution in [0, 0.1) is 0 Å². The third kappa shape index (κ3) is 6.04. The van der Waals surface area contributed by atoms with Gasteiger partial charge in [0.15, 0.2) is 0 Å². The van der Waals surface area contributed by atoms with Crippen LogP contribution in [0.1, 0.15) is 24.0 Å². The predicted molar refractivity (Wildman–Crippen MR) is 245 cm³/mol. The molecule has 0 N–H and O–H groups in total. The van der Waals surface area contributed by atoms with Crippen molar-refractivity contribution in [3.63, 3.8) is 0 Å². The molecule has 0 amide bonds. The van der Waals surface area contributed by atoms with Gasteiger partial charge in [-0.25, -0.2) is 0 Å². The van der Waals surface area contributed by atoms with E-state index in [1.165, 1.54) is 41.0 Å². The van der Waals surface area contributed by atoms with Crippen LogP contribution in [0.4, 0.5) is 0 Å². The van der Waals surface area contributed by atoms with Crippen LogP contribution in [0.5, 0.6) is 0 Å². The highest BCUT2D eigenvalue weighted by Crippen LogP contribution is 2.42. The Kier molecular flexibility index (Phi) is 9.56. The molecule has 0 fully saturated rings. The Morgan fingerprint density at radius 3 is 2.07 bits per heavy atom. The van der Waals surface area contributed by atoms with E-state index >= 15 is 0 Å². The van der Waals surface area contributed by atoms with Gasteiger partial charge in [0.25, 0.3) is 0 Å². The maximum Gasteiger partial charge on any atom is 0.0448 e. The summed E-state index contributed by atoms with van der Waals surface area (Å²) in [5.74, 6) is 0. The summed E-state index contributed by atoms with van der Waals surface area (Å²) in [6.07, 6.45) is 22.5. The van der Waals surface area contributed by atoms with Gasteiger partial charge in [-0.2, -0.15) is 0 Å². The topological polar surface area (TPSA) is 0 Å². The molecule has 54 heavy (non-hydrogen) atoms. The third-order valence-electron chi connectivity index (χ3n) is 10.3. The SMILES string of the molecule is C=C/C=C\C(=C)C1=C(C=C)/C(C=C)=C(c2ccc(C(=C)/C=c3\c(=C)sc4c3ccc3ccc5c6ccccc6sc5c34)c3ccccc23)\C=C\CCC=C1. The van der Waals surface area contributed by atoms with Gasteiger partial charge < -0.3 is 0 Å². The largest absolute Gasteiger partial charge is 0.135 e. The first-order chi connectivity index (χ1) is 26.4. The minimum Gasteiger partial charge on any atom is -0.135 e. The van der Waals surface area contributed by atoms with E-state index in [1.54, 1.807) is 17.4 Å². The van der Waals surface area contributed by atoms with Gasteiger partial charge >= 0.3 is 0 Å². The highest BCUT2D eigenvalue weighted by Gasteiger charge is 2.17. The van der Waals surface area contributed by atoms with E-state index in [1.807, 2.05) is 35.6 Å². The van der Waals surface area contributed by atoms with Crippen molar-refractivity contribution in [3.8, 4) is 0 Å². The van der Waals surface area contributed by atoms with Crippen LogP contribution in [-0.2, 0) is 0 Å². The number of benzene rings is 5. The van der Waals surface area contributed by atoms with Crippen LogP contribution in [0.2, 0.25) is 0 Å². The van der Waals surface area contributed by atoms with E-state index in [0.717, 1.165) is 77.9 Å². The molecule has 260 valence electrons. The molecule has 2 heteroatoms. The summed E-state index contributed by atoms with van der Waals surface area (Å²) in [7, 11) is 0. The summed E-state index contributed by atoms with van der Waals surface area (Å²) in [5, 5.41) is 9.84. The molecule has 0 unspecified atom stereocenters. The van der Waals surface area contributed by atoms with E-state index in [4.69, 9.17) is 0 Å². The molecule has 0 aliphatic heterocycles. The van der Waals surface area contributed by atoms with Crippen LogP contribution in [-0.4, -0.2) is 0 Å². The van der Waals surface area contributed by atoms with Crippen molar-refractivity contribution in [1.29, 1.82) is 0 Å². The van der Waals surface area contributed by atoms with Gasteiger partial charge in [0.1, 0.15) is 0 Å². The molecule has 2 aromatic heterocycles. The monoisotopic (exact) mass is 728 g/mol. The number of fused-ring (bicyclic) bond motifs is 8. The second-order valence-electron chi connectivity index (χ2n) is 13.5. The number of thiophene rings is 2. The van der Waals surface area contributed by atoms with Gasteiger partial charge in [-0.05, 0) is 85.7 Å². The van der Waals surface area contributed by atoms with Crippen LogP contribution in [0.3, 0.4) is 0 Å².